The lowest BCUT2D eigenvalue weighted by Gasteiger charge is -2.06. The maximum Gasteiger partial charge on any atom is 0.263 e. The molecule has 1 aromatic heterocycles. The van der Waals surface area contributed by atoms with E-state index in [1.165, 1.54) is 42.6 Å². The van der Waals surface area contributed by atoms with E-state index in [4.69, 9.17) is 5.26 Å². The van der Waals surface area contributed by atoms with Crippen molar-refractivity contribution in [2.24, 2.45) is 0 Å². The number of benzene rings is 2. The third kappa shape index (κ3) is 3.36. The van der Waals surface area contributed by atoms with Gasteiger partial charge in [-0.2, -0.15) is 5.26 Å². The van der Waals surface area contributed by atoms with Crippen molar-refractivity contribution in [3.8, 4) is 17.3 Å². The lowest BCUT2D eigenvalue weighted by Crippen LogP contribution is -2.12. The summed E-state index contributed by atoms with van der Waals surface area (Å²) in [5.41, 5.74) is 0.314. The summed E-state index contributed by atoms with van der Waals surface area (Å²) in [6.07, 6.45) is 1.21. The van der Waals surface area contributed by atoms with Gasteiger partial charge in [-0.3, -0.25) is 4.72 Å². The van der Waals surface area contributed by atoms with Crippen molar-refractivity contribution >= 4 is 15.7 Å². The number of H-pyrrole nitrogens is 1. The van der Waals surface area contributed by atoms with Crippen molar-refractivity contribution in [2.75, 3.05) is 4.72 Å². The Hall–Kier alpha value is -3.18. The summed E-state index contributed by atoms with van der Waals surface area (Å²) in [5.74, 6) is -1.32. The summed E-state index contributed by atoms with van der Waals surface area (Å²) in [4.78, 5) is 2.58. The van der Waals surface area contributed by atoms with Gasteiger partial charge in [0, 0.05) is 17.5 Å². The summed E-state index contributed by atoms with van der Waals surface area (Å²) < 4.78 is 54.4. The topological polar surface area (TPSA) is 85.8 Å². The number of aromatic nitrogens is 1. The Kier molecular flexibility index (Phi) is 4.25. The van der Waals surface area contributed by atoms with Gasteiger partial charge in [0.15, 0.2) is 0 Å². The van der Waals surface area contributed by atoms with E-state index in [1.807, 2.05) is 0 Å². The third-order valence-electron chi connectivity index (χ3n) is 3.47. The average molecular weight is 359 g/mol. The number of halogens is 2. The van der Waals surface area contributed by atoms with Crippen LogP contribution in [0.1, 0.15) is 5.56 Å². The van der Waals surface area contributed by atoms with Crippen LogP contribution in [0.25, 0.3) is 11.3 Å². The molecular formula is C17H11F2N3O2S. The first-order chi connectivity index (χ1) is 11.9. The fraction of sp³-hybridized carbons (Fsp3) is 0. The largest absolute Gasteiger partial charge is 0.360 e. The van der Waals surface area contributed by atoms with Crippen molar-refractivity contribution in [2.45, 2.75) is 4.90 Å². The van der Waals surface area contributed by atoms with Crippen LogP contribution in [0.5, 0.6) is 0 Å². The van der Waals surface area contributed by atoms with Gasteiger partial charge in [0.2, 0.25) is 0 Å². The van der Waals surface area contributed by atoms with Crippen molar-refractivity contribution in [3.05, 3.63) is 71.9 Å². The van der Waals surface area contributed by atoms with Crippen LogP contribution in [-0.2, 0) is 10.0 Å². The summed E-state index contributed by atoms with van der Waals surface area (Å²) in [6, 6.07) is 12.2. The van der Waals surface area contributed by atoms with Crippen LogP contribution in [0.3, 0.4) is 0 Å². The van der Waals surface area contributed by atoms with Crippen molar-refractivity contribution in [1.82, 2.24) is 4.98 Å². The Morgan fingerprint density at radius 3 is 2.48 bits per heavy atom. The van der Waals surface area contributed by atoms with Gasteiger partial charge in [0.1, 0.15) is 22.6 Å². The van der Waals surface area contributed by atoms with E-state index in [9.17, 15) is 17.2 Å². The molecule has 126 valence electrons. The molecule has 0 bridgehead atoms. The molecule has 0 saturated carbocycles. The first-order valence-electron chi connectivity index (χ1n) is 7.06. The average Bonchev–Trinajstić information content (AvgIpc) is 3.06. The molecule has 2 N–H and O–H groups in total. The van der Waals surface area contributed by atoms with Gasteiger partial charge in [-0.1, -0.05) is 12.1 Å². The smallest absolute Gasteiger partial charge is 0.263 e. The van der Waals surface area contributed by atoms with E-state index in [0.717, 1.165) is 6.07 Å². The van der Waals surface area contributed by atoms with E-state index < -0.39 is 21.7 Å². The van der Waals surface area contributed by atoms with Gasteiger partial charge < -0.3 is 4.98 Å². The predicted octanol–water partition coefficient (Wildman–Crippen LogP) is 3.63. The number of nitrogens with one attached hydrogen (secondary N) is 2. The highest BCUT2D eigenvalue weighted by atomic mass is 32.2. The molecule has 8 heteroatoms. The zero-order valence-electron chi connectivity index (χ0n) is 12.6. The minimum atomic E-state index is -4.00. The molecule has 0 radical (unpaired) electrons. The molecule has 0 aliphatic heterocycles. The quantitative estimate of drug-likeness (QED) is 0.746. The molecule has 5 nitrogen and oxygen atoms in total. The van der Waals surface area contributed by atoms with Crippen LogP contribution in [0, 0.1) is 23.0 Å². The molecule has 2 aromatic carbocycles. The molecule has 0 spiro atoms. The highest BCUT2D eigenvalue weighted by molar-refractivity contribution is 7.92. The Labute approximate surface area is 142 Å². The van der Waals surface area contributed by atoms with Gasteiger partial charge in [-0.25, -0.2) is 17.2 Å². The molecular weight excluding hydrogens is 348 g/mol. The van der Waals surface area contributed by atoms with Gasteiger partial charge in [0.05, 0.1) is 11.3 Å². The van der Waals surface area contributed by atoms with Crippen LogP contribution >= 0.6 is 0 Å². The maximum absolute atomic E-state index is 13.8. The van der Waals surface area contributed by atoms with Crippen LogP contribution in [0.15, 0.2) is 59.6 Å². The first-order valence-corrected chi connectivity index (χ1v) is 8.55. The fourth-order valence-corrected chi connectivity index (χ4v) is 3.29. The SMILES string of the molecule is N#Cc1ccc(NS(=O)(=O)c2c[nH]c(-c3ccccc3F)c2)cc1F. The summed E-state index contributed by atoms with van der Waals surface area (Å²) in [6.45, 7) is 0. The Balaban J connectivity index is 1.90. The van der Waals surface area contributed by atoms with E-state index in [2.05, 4.69) is 9.71 Å². The molecule has 0 atom stereocenters. The molecule has 3 aromatic rings. The Bertz CT molecular complexity index is 1090. The molecule has 0 aliphatic carbocycles. The van der Waals surface area contributed by atoms with Crippen LogP contribution in [-0.4, -0.2) is 13.4 Å². The van der Waals surface area contributed by atoms with Crippen molar-refractivity contribution in [3.63, 3.8) is 0 Å². The van der Waals surface area contributed by atoms with Gasteiger partial charge >= 0.3 is 0 Å². The van der Waals surface area contributed by atoms with Gasteiger partial charge in [0.25, 0.3) is 10.0 Å². The number of hydrogen-bond donors (Lipinski definition) is 2. The minimum Gasteiger partial charge on any atom is -0.360 e. The number of nitriles is 1. The van der Waals surface area contributed by atoms with E-state index in [1.54, 1.807) is 12.1 Å². The molecule has 0 unspecified atom stereocenters. The molecule has 3 rings (SSSR count). The lowest BCUT2D eigenvalue weighted by molar-refractivity contribution is 0.601. The number of nitrogens with zero attached hydrogens (tertiary/aromatic N) is 1. The van der Waals surface area contributed by atoms with Crippen LogP contribution < -0.4 is 4.72 Å². The second-order valence-corrected chi connectivity index (χ2v) is 6.82. The number of hydrogen-bond acceptors (Lipinski definition) is 3. The van der Waals surface area contributed by atoms with E-state index in [0.29, 0.717) is 5.69 Å². The third-order valence-corrected chi connectivity index (χ3v) is 4.83. The lowest BCUT2D eigenvalue weighted by atomic mass is 10.1. The zero-order chi connectivity index (χ0) is 18.0. The zero-order valence-corrected chi connectivity index (χ0v) is 13.4. The van der Waals surface area contributed by atoms with Gasteiger partial charge in [-0.15, -0.1) is 0 Å². The second-order valence-electron chi connectivity index (χ2n) is 5.14. The molecule has 1 heterocycles. The number of aromatic amines is 1. The highest BCUT2D eigenvalue weighted by Crippen LogP contribution is 2.25. The molecule has 25 heavy (non-hydrogen) atoms. The number of rotatable bonds is 4. The molecule has 0 fully saturated rings. The molecule has 0 saturated heterocycles. The maximum atomic E-state index is 13.8. The molecule has 0 amide bonds. The summed E-state index contributed by atoms with van der Waals surface area (Å²) in [5, 5.41) is 8.69. The van der Waals surface area contributed by atoms with Crippen LogP contribution in [0.4, 0.5) is 14.5 Å². The van der Waals surface area contributed by atoms with Crippen molar-refractivity contribution in [1.29, 1.82) is 5.26 Å². The van der Waals surface area contributed by atoms with E-state index in [-0.39, 0.29) is 21.7 Å². The fourth-order valence-electron chi connectivity index (χ4n) is 2.25. The monoisotopic (exact) mass is 359 g/mol. The van der Waals surface area contributed by atoms with Gasteiger partial charge in [-0.05, 0) is 36.4 Å². The number of sulfonamides is 1. The predicted molar refractivity (Wildman–Crippen MR) is 88.1 cm³/mol. The highest BCUT2D eigenvalue weighted by Gasteiger charge is 2.18. The Morgan fingerprint density at radius 1 is 1.04 bits per heavy atom. The molecule has 0 aliphatic rings. The second kappa shape index (κ2) is 6.37. The van der Waals surface area contributed by atoms with Crippen molar-refractivity contribution < 1.29 is 17.2 Å². The van der Waals surface area contributed by atoms with E-state index >= 15 is 0 Å². The standard InChI is InChI=1S/C17H11F2N3O2S/c18-15-4-2-1-3-14(15)17-8-13(10-21-17)25(23,24)22-12-6-5-11(9-20)16(19)7-12/h1-8,10,21-22H. The normalized spacial score (nSPS) is 11.1. The summed E-state index contributed by atoms with van der Waals surface area (Å²) in [7, 11) is -4.00. The van der Waals surface area contributed by atoms with Crippen LogP contribution in [0.2, 0.25) is 0 Å². The Morgan fingerprint density at radius 2 is 1.80 bits per heavy atom. The minimum absolute atomic E-state index is 0.0230. The summed E-state index contributed by atoms with van der Waals surface area (Å²) >= 11 is 0. The first kappa shape index (κ1) is 16.7. The number of anilines is 1.